The third-order valence-electron chi connectivity index (χ3n) is 4.21. The number of hydrogen-bond acceptors (Lipinski definition) is 5. The van der Waals surface area contributed by atoms with Crippen molar-refractivity contribution >= 4 is 0 Å². The molecule has 0 bridgehead atoms. The van der Waals surface area contributed by atoms with Crippen LogP contribution in [0.25, 0.3) is 0 Å². The average molecular weight is 314 g/mol. The second-order valence-electron chi connectivity index (χ2n) is 5.97. The van der Waals surface area contributed by atoms with Gasteiger partial charge in [-0.3, -0.25) is 14.7 Å². The van der Waals surface area contributed by atoms with E-state index in [1.807, 2.05) is 12.4 Å². The topological polar surface area (TPSA) is 71.1 Å². The van der Waals surface area contributed by atoms with Gasteiger partial charge in [0.1, 0.15) is 0 Å². The van der Waals surface area contributed by atoms with Crippen molar-refractivity contribution in [2.45, 2.75) is 32.4 Å². The minimum atomic E-state index is -0.102. The van der Waals surface area contributed by atoms with Crippen LogP contribution in [0.3, 0.4) is 0 Å². The Morgan fingerprint density at radius 3 is 3.22 bits per heavy atom. The molecule has 3 rings (SSSR count). The molecule has 0 saturated carbocycles. The molecule has 6 heteroatoms. The van der Waals surface area contributed by atoms with Gasteiger partial charge in [-0.15, -0.1) is 0 Å². The molecule has 1 fully saturated rings. The first-order chi connectivity index (χ1) is 11.2. The summed E-state index contributed by atoms with van der Waals surface area (Å²) in [6.45, 7) is 5.63. The number of H-pyrrole nitrogens is 1. The van der Waals surface area contributed by atoms with Crippen LogP contribution in [0.15, 0.2) is 35.6 Å². The first-order valence-electron chi connectivity index (χ1n) is 7.98. The van der Waals surface area contributed by atoms with Crippen LogP contribution in [0.4, 0.5) is 0 Å². The second-order valence-corrected chi connectivity index (χ2v) is 5.97. The maximum absolute atomic E-state index is 11.3. The third kappa shape index (κ3) is 4.46. The zero-order chi connectivity index (χ0) is 16.1. The number of ether oxygens (including phenoxy) is 1. The minimum absolute atomic E-state index is 0.102. The molecule has 1 unspecified atom stereocenters. The Balaban J connectivity index is 1.54. The Morgan fingerprint density at radius 1 is 1.48 bits per heavy atom. The standard InChI is InChI=1S/C17H22N4O2/c1-13-9-18-5-4-14(13)10-21-6-7-23-16(11-21)3-2-15-8-17(22)20-12-19-15/h4-5,8-9,12,16H,2-3,6-7,10-11H2,1H3,(H,19,20,22). The Morgan fingerprint density at radius 2 is 2.39 bits per heavy atom. The summed E-state index contributed by atoms with van der Waals surface area (Å²) in [7, 11) is 0. The first kappa shape index (κ1) is 15.8. The van der Waals surface area contributed by atoms with E-state index in [4.69, 9.17) is 4.74 Å². The Labute approximate surface area is 135 Å². The summed E-state index contributed by atoms with van der Waals surface area (Å²) in [5, 5.41) is 0. The number of nitrogens with one attached hydrogen (secondary N) is 1. The van der Waals surface area contributed by atoms with Crippen molar-refractivity contribution in [2.24, 2.45) is 0 Å². The molecule has 23 heavy (non-hydrogen) atoms. The van der Waals surface area contributed by atoms with Crippen LogP contribution in [-0.2, 0) is 17.7 Å². The van der Waals surface area contributed by atoms with Gasteiger partial charge in [0.25, 0.3) is 5.56 Å². The highest BCUT2D eigenvalue weighted by atomic mass is 16.5. The number of aromatic amines is 1. The largest absolute Gasteiger partial charge is 0.376 e. The van der Waals surface area contributed by atoms with Gasteiger partial charge >= 0.3 is 0 Å². The summed E-state index contributed by atoms with van der Waals surface area (Å²) in [6.07, 6.45) is 7.04. The van der Waals surface area contributed by atoms with E-state index in [1.54, 1.807) is 6.07 Å². The second kappa shape index (κ2) is 7.48. The smallest absolute Gasteiger partial charge is 0.250 e. The van der Waals surface area contributed by atoms with E-state index in [-0.39, 0.29) is 11.7 Å². The lowest BCUT2D eigenvalue weighted by molar-refractivity contribution is -0.0347. The van der Waals surface area contributed by atoms with Gasteiger partial charge in [-0.25, -0.2) is 4.98 Å². The van der Waals surface area contributed by atoms with Crippen molar-refractivity contribution in [3.8, 4) is 0 Å². The van der Waals surface area contributed by atoms with Gasteiger partial charge < -0.3 is 9.72 Å². The van der Waals surface area contributed by atoms with E-state index in [0.717, 1.165) is 44.8 Å². The highest BCUT2D eigenvalue weighted by Gasteiger charge is 2.21. The molecule has 0 aliphatic carbocycles. The van der Waals surface area contributed by atoms with E-state index >= 15 is 0 Å². The number of morpholine rings is 1. The van der Waals surface area contributed by atoms with Gasteiger partial charge in [0.15, 0.2) is 0 Å². The lowest BCUT2D eigenvalue weighted by Gasteiger charge is -2.33. The molecule has 1 atom stereocenters. The number of aryl methyl sites for hydroxylation is 2. The fourth-order valence-corrected chi connectivity index (χ4v) is 2.87. The Bertz CT molecular complexity index is 701. The fraction of sp³-hybridized carbons (Fsp3) is 0.471. The number of pyridine rings is 1. The average Bonchev–Trinajstić information content (AvgIpc) is 2.56. The maximum atomic E-state index is 11.3. The van der Waals surface area contributed by atoms with Crippen LogP contribution >= 0.6 is 0 Å². The highest BCUT2D eigenvalue weighted by Crippen LogP contribution is 2.15. The van der Waals surface area contributed by atoms with Crippen LogP contribution in [0.5, 0.6) is 0 Å². The molecule has 2 aromatic rings. The van der Waals surface area contributed by atoms with Crippen LogP contribution < -0.4 is 5.56 Å². The fourth-order valence-electron chi connectivity index (χ4n) is 2.87. The number of nitrogens with zero attached hydrogens (tertiary/aromatic N) is 3. The van der Waals surface area contributed by atoms with Gasteiger partial charge in [-0.05, 0) is 37.0 Å². The Hall–Kier alpha value is -2.05. The summed E-state index contributed by atoms with van der Waals surface area (Å²) >= 11 is 0. The molecule has 0 radical (unpaired) electrons. The molecular weight excluding hydrogens is 292 g/mol. The van der Waals surface area contributed by atoms with E-state index < -0.39 is 0 Å². The van der Waals surface area contributed by atoms with Crippen molar-refractivity contribution in [2.75, 3.05) is 19.7 Å². The van der Waals surface area contributed by atoms with Crippen LogP contribution in [0, 0.1) is 6.92 Å². The third-order valence-corrected chi connectivity index (χ3v) is 4.21. The number of rotatable bonds is 5. The molecule has 0 spiro atoms. The summed E-state index contributed by atoms with van der Waals surface area (Å²) in [5.41, 5.74) is 3.26. The SMILES string of the molecule is Cc1cnccc1CN1CCOC(CCc2cc(=O)[nH]cn2)C1. The zero-order valence-electron chi connectivity index (χ0n) is 13.4. The minimum Gasteiger partial charge on any atom is -0.376 e. The lowest BCUT2D eigenvalue weighted by Crippen LogP contribution is -2.42. The molecule has 1 aliphatic rings. The first-order valence-corrected chi connectivity index (χ1v) is 7.98. The number of hydrogen-bond donors (Lipinski definition) is 1. The van der Waals surface area contributed by atoms with Crippen LogP contribution in [0.2, 0.25) is 0 Å². The maximum Gasteiger partial charge on any atom is 0.250 e. The lowest BCUT2D eigenvalue weighted by atomic mass is 10.1. The van der Waals surface area contributed by atoms with Gasteiger partial charge in [0.05, 0.1) is 19.0 Å². The molecule has 1 aliphatic heterocycles. The van der Waals surface area contributed by atoms with Crippen molar-refractivity contribution < 1.29 is 4.74 Å². The van der Waals surface area contributed by atoms with Crippen molar-refractivity contribution in [3.63, 3.8) is 0 Å². The molecule has 0 amide bonds. The summed E-state index contributed by atoms with van der Waals surface area (Å²) in [4.78, 5) is 24.6. The molecular formula is C17H22N4O2. The molecule has 122 valence electrons. The van der Waals surface area contributed by atoms with Gasteiger partial charge in [-0.2, -0.15) is 0 Å². The van der Waals surface area contributed by atoms with Gasteiger partial charge in [0, 0.05) is 43.8 Å². The van der Waals surface area contributed by atoms with Crippen molar-refractivity contribution in [1.82, 2.24) is 19.9 Å². The van der Waals surface area contributed by atoms with Crippen LogP contribution in [-0.4, -0.2) is 45.7 Å². The Kier molecular flexibility index (Phi) is 5.15. The molecule has 6 nitrogen and oxygen atoms in total. The van der Waals surface area contributed by atoms with E-state index in [9.17, 15) is 4.79 Å². The van der Waals surface area contributed by atoms with E-state index in [1.165, 1.54) is 17.5 Å². The molecule has 2 aromatic heterocycles. The van der Waals surface area contributed by atoms with E-state index in [0.29, 0.717) is 0 Å². The van der Waals surface area contributed by atoms with Crippen LogP contribution in [0.1, 0.15) is 23.2 Å². The summed E-state index contributed by atoms with van der Waals surface area (Å²) in [5.74, 6) is 0. The normalized spacial score (nSPS) is 18.9. The zero-order valence-corrected chi connectivity index (χ0v) is 13.4. The molecule has 3 heterocycles. The molecule has 1 saturated heterocycles. The van der Waals surface area contributed by atoms with Crippen molar-refractivity contribution in [1.29, 1.82) is 0 Å². The van der Waals surface area contributed by atoms with Gasteiger partial charge in [0.2, 0.25) is 0 Å². The number of aromatic nitrogens is 3. The predicted octanol–water partition coefficient (Wildman–Crippen LogP) is 1.31. The highest BCUT2D eigenvalue weighted by molar-refractivity contribution is 5.21. The quantitative estimate of drug-likeness (QED) is 0.901. The molecule has 1 N–H and O–H groups in total. The summed E-state index contributed by atoms with van der Waals surface area (Å²) < 4.78 is 5.86. The summed E-state index contributed by atoms with van der Waals surface area (Å²) in [6, 6.07) is 3.64. The van der Waals surface area contributed by atoms with Gasteiger partial charge in [-0.1, -0.05) is 0 Å². The molecule has 0 aromatic carbocycles. The van der Waals surface area contributed by atoms with E-state index in [2.05, 4.69) is 32.8 Å². The predicted molar refractivity (Wildman–Crippen MR) is 87.2 cm³/mol. The van der Waals surface area contributed by atoms with Crippen molar-refractivity contribution in [3.05, 3.63) is 58.0 Å². The monoisotopic (exact) mass is 314 g/mol.